The van der Waals surface area contributed by atoms with Crippen LogP contribution in [0, 0.1) is 0 Å². The Balaban J connectivity index is 2.22. The number of rotatable bonds is 4. The molecule has 12 heavy (non-hydrogen) atoms. The predicted octanol–water partition coefficient (Wildman–Crippen LogP) is 0.920. The van der Waals surface area contributed by atoms with E-state index in [1.54, 1.807) is 6.07 Å². The average molecular weight is 189 g/mol. The summed E-state index contributed by atoms with van der Waals surface area (Å²) in [4.78, 5) is 10.9. The maximum absolute atomic E-state index is 10.9. The van der Waals surface area contributed by atoms with E-state index >= 15 is 0 Å². The van der Waals surface area contributed by atoms with Crippen LogP contribution in [0.1, 0.15) is 12.2 Å². The molecule has 0 unspecified atom stereocenters. The molecule has 0 atom stereocenters. The molecule has 0 spiro atoms. The van der Waals surface area contributed by atoms with Crippen LogP contribution < -0.4 is 5.32 Å². The van der Waals surface area contributed by atoms with E-state index < -0.39 is 0 Å². The summed E-state index contributed by atoms with van der Waals surface area (Å²) >= 11 is 5.36. The van der Waals surface area contributed by atoms with E-state index in [1.165, 1.54) is 6.20 Å². The number of alkyl halides is 1. The number of amides is 1. The lowest BCUT2D eigenvalue weighted by Gasteiger charge is -1.98. The summed E-state index contributed by atoms with van der Waals surface area (Å²) in [5.74, 6) is 0.890. The fraction of sp³-hybridized carbons (Fsp3) is 0.429. The summed E-state index contributed by atoms with van der Waals surface area (Å²) in [5, 5.41) is 6.12. The van der Waals surface area contributed by atoms with Crippen LogP contribution in [-0.4, -0.2) is 16.9 Å². The van der Waals surface area contributed by atoms with Gasteiger partial charge in [-0.25, -0.2) is 0 Å². The molecule has 0 fully saturated rings. The first-order valence-corrected chi connectivity index (χ1v) is 4.08. The van der Waals surface area contributed by atoms with Crippen LogP contribution in [0.2, 0.25) is 0 Å². The molecule has 0 aromatic carbocycles. The van der Waals surface area contributed by atoms with Crippen molar-refractivity contribution in [2.24, 2.45) is 0 Å². The van der Waals surface area contributed by atoms with E-state index in [2.05, 4.69) is 10.5 Å². The second-order valence-corrected chi connectivity index (χ2v) is 2.57. The van der Waals surface area contributed by atoms with Gasteiger partial charge in [-0.05, 0) is 0 Å². The number of nitrogens with zero attached hydrogens (tertiary/aromatic N) is 1. The van der Waals surface area contributed by atoms with Gasteiger partial charge in [0.2, 0.25) is 5.91 Å². The second-order valence-electron chi connectivity index (χ2n) is 2.19. The Hall–Kier alpha value is -1.03. The largest absolute Gasteiger partial charge is 0.360 e. The zero-order valence-electron chi connectivity index (χ0n) is 6.42. The molecule has 1 amide bonds. The fourth-order valence-corrected chi connectivity index (χ4v) is 0.865. The second kappa shape index (κ2) is 4.77. The third-order valence-corrected chi connectivity index (χ3v) is 1.46. The zero-order valence-corrected chi connectivity index (χ0v) is 7.17. The number of carbonyl (C=O) groups excluding carboxylic acids is 1. The molecule has 0 saturated heterocycles. The Bertz CT molecular complexity index is 236. The monoisotopic (exact) mass is 188 g/mol. The molecular formula is C7H9ClN2O2. The molecular weight excluding hydrogens is 180 g/mol. The van der Waals surface area contributed by atoms with Crippen molar-refractivity contribution in [3.05, 3.63) is 18.0 Å². The zero-order chi connectivity index (χ0) is 8.81. The van der Waals surface area contributed by atoms with Crippen LogP contribution >= 0.6 is 11.6 Å². The molecule has 0 aliphatic rings. The molecule has 0 aliphatic heterocycles. The Morgan fingerprint density at radius 3 is 3.17 bits per heavy atom. The lowest BCUT2D eigenvalue weighted by atomic mass is 10.4. The van der Waals surface area contributed by atoms with Gasteiger partial charge >= 0.3 is 0 Å². The molecule has 66 valence electrons. The number of nitrogens with one attached hydrogen (secondary N) is 1. The number of hydrogen-bond acceptors (Lipinski definition) is 3. The summed E-state index contributed by atoms with van der Waals surface area (Å²) in [7, 11) is 0. The SMILES string of the molecule is O=C(CCCl)NCc1ccno1. The van der Waals surface area contributed by atoms with E-state index in [0.29, 0.717) is 24.6 Å². The predicted molar refractivity (Wildman–Crippen MR) is 43.7 cm³/mol. The minimum absolute atomic E-state index is 0.0820. The highest BCUT2D eigenvalue weighted by molar-refractivity contribution is 6.18. The van der Waals surface area contributed by atoms with Crippen LogP contribution in [0.5, 0.6) is 0 Å². The van der Waals surface area contributed by atoms with Gasteiger partial charge in [0, 0.05) is 18.4 Å². The fourth-order valence-electron chi connectivity index (χ4n) is 0.693. The highest BCUT2D eigenvalue weighted by Gasteiger charge is 2.01. The van der Waals surface area contributed by atoms with Gasteiger partial charge in [0.1, 0.15) is 0 Å². The van der Waals surface area contributed by atoms with Crippen molar-refractivity contribution in [2.75, 3.05) is 5.88 Å². The van der Waals surface area contributed by atoms with Crippen molar-refractivity contribution >= 4 is 17.5 Å². The van der Waals surface area contributed by atoms with Crippen molar-refractivity contribution in [1.82, 2.24) is 10.5 Å². The molecule has 1 rings (SSSR count). The molecule has 0 bridgehead atoms. The van der Waals surface area contributed by atoms with Crippen molar-refractivity contribution in [3.63, 3.8) is 0 Å². The van der Waals surface area contributed by atoms with E-state index in [-0.39, 0.29) is 5.91 Å². The number of halogens is 1. The smallest absolute Gasteiger partial charge is 0.221 e. The molecule has 1 N–H and O–H groups in total. The average Bonchev–Trinajstić information content (AvgIpc) is 2.53. The Morgan fingerprint density at radius 1 is 1.75 bits per heavy atom. The highest BCUT2D eigenvalue weighted by Crippen LogP contribution is 1.95. The Kier molecular flexibility index (Phi) is 3.60. The van der Waals surface area contributed by atoms with E-state index in [9.17, 15) is 4.79 Å². The van der Waals surface area contributed by atoms with Crippen LogP contribution in [0.3, 0.4) is 0 Å². The Morgan fingerprint density at radius 2 is 2.58 bits per heavy atom. The summed E-state index contributed by atoms with van der Waals surface area (Å²) in [5.41, 5.74) is 0. The van der Waals surface area contributed by atoms with Crippen molar-refractivity contribution in [3.8, 4) is 0 Å². The number of carbonyl (C=O) groups is 1. The molecule has 5 heteroatoms. The number of hydrogen-bond donors (Lipinski definition) is 1. The van der Waals surface area contributed by atoms with Crippen LogP contribution in [0.4, 0.5) is 0 Å². The van der Waals surface area contributed by atoms with Gasteiger partial charge in [0.25, 0.3) is 0 Å². The van der Waals surface area contributed by atoms with Crippen molar-refractivity contribution < 1.29 is 9.32 Å². The third kappa shape index (κ3) is 2.92. The molecule has 1 aromatic rings. The quantitative estimate of drug-likeness (QED) is 0.715. The van der Waals surface area contributed by atoms with Crippen molar-refractivity contribution in [1.29, 1.82) is 0 Å². The van der Waals surface area contributed by atoms with Crippen molar-refractivity contribution in [2.45, 2.75) is 13.0 Å². The Labute approximate surface area is 74.9 Å². The molecule has 4 nitrogen and oxygen atoms in total. The molecule has 0 radical (unpaired) electrons. The van der Waals surface area contributed by atoms with Gasteiger partial charge in [-0.15, -0.1) is 11.6 Å². The maximum Gasteiger partial charge on any atom is 0.221 e. The maximum atomic E-state index is 10.9. The summed E-state index contributed by atoms with van der Waals surface area (Å²) in [6.45, 7) is 0.371. The van der Waals surface area contributed by atoms with Gasteiger partial charge in [-0.3, -0.25) is 4.79 Å². The highest BCUT2D eigenvalue weighted by atomic mass is 35.5. The van der Waals surface area contributed by atoms with Gasteiger partial charge in [-0.1, -0.05) is 5.16 Å². The molecule has 0 aliphatic carbocycles. The summed E-state index contributed by atoms with van der Waals surface area (Å²) in [6.07, 6.45) is 1.86. The summed E-state index contributed by atoms with van der Waals surface area (Å²) < 4.78 is 4.76. The van der Waals surface area contributed by atoms with E-state index in [4.69, 9.17) is 16.1 Å². The first-order chi connectivity index (χ1) is 5.83. The lowest BCUT2D eigenvalue weighted by molar-refractivity contribution is -0.120. The van der Waals surface area contributed by atoms with Crippen LogP contribution in [0.25, 0.3) is 0 Å². The minimum atomic E-state index is -0.0820. The van der Waals surface area contributed by atoms with Crippen LogP contribution in [-0.2, 0) is 11.3 Å². The molecule has 0 saturated carbocycles. The van der Waals surface area contributed by atoms with E-state index in [1.807, 2.05) is 0 Å². The lowest BCUT2D eigenvalue weighted by Crippen LogP contribution is -2.22. The normalized spacial score (nSPS) is 9.75. The molecule has 1 heterocycles. The summed E-state index contributed by atoms with van der Waals surface area (Å²) in [6, 6.07) is 1.70. The first kappa shape index (κ1) is 9.06. The topological polar surface area (TPSA) is 55.1 Å². The molecule has 1 aromatic heterocycles. The van der Waals surface area contributed by atoms with Gasteiger partial charge in [0.05, 0.1) is 12.7 Å². The van der Waals surface area contributed by atoms with Gasteiger partial charge in [-0.2, -0.15) is 0 Å². The third-order valence-electron chi connectivity index (χ3n) is 1.27. The minimum Gasteiger partial charge on any atom is -0.360 e. The number of aromatic nitrogens is 1. The van der Waals surface area contributed by atoms with Gasteiger partial charge < -0.3 is 9.84 Å². The standard InChI is InChI=1S/C7H9ClN2O2/c8-3-1-7(11)9-5-6-2-4-10-12-6/h2,4H,1,3,5H2,(H,9,11). The van der Waals surface area contributed by atoms with Crippen LogP contribution in [0.15, 0.2) is 16.8 Å². The van der Waals surface area contributed by atoms with E-state index in [0.717, 1.165) is 0 Å². The van der Waals surface area contributed by atoms with Gasteiger partial charge in [0.15, 0.2) is 5.76 Å². The first-order valence-electron chi connectivity index (χ1n) is 3.55.